The zero-order chi connectivity index (χ0) is 23.5. The highest BCUT2D eigenvalue weighted by atomic mass is 33.1. The van der Waals surface area contributed by atoms with Gasteiger partial charge in [-0.25, -0.2) is 4.98 Å². The Hall–Kier alpha value is -1.29. The van der Waals surface area contributed by atoms with Crippen LogP contribution in [0.1, 0.15) is 53.4 Å². The van der Waals surface area contributed by atoms with Gasteiger partial charge in [-0.15, -0.1) is 0 Å². The molecule has 0 radical (unpaired) electrons. The number of rotatable bonds is 13. The van der Waals surface area contributed by atoms with Gasteiger partial charge in [0.05, 0.1) is 17.4 Å². The van der Waals surface area contributed by atoms with Gasteiger partial charge < -0.3 is 18.9 Å². The third-order valence-electron chi connectivity index (χ3n) is 4.93. The maximum Gasteiger partial charge on any atom is 0.311 e. The molecule has 0 amide bonds. The van der Waals surface area contributed by atoms with Gasteiger partial charge in [-0.1, -0.05) is 16.9 Å². The van der Waals surface area contributed by atoms with E-state index in [9.17, 15) is 9.59 Å². The van der Waals surface area contributed by atoms with E-state index in [1.807, 2.05) is 18.2 Å². The Morgan fingerprint density at radius 3 is 2.41 bits per heavy atom. The van der Waals surface area contributed by atoms with Crippen LogP contribution < -0.4 is 0 Å². The van der Waals surface area contributed by atoms with Crippen molar-refractivity contribution in [3.05, 3.63) is 24.4 Å². The van der Waals surface area contributed by atoms with Crippen molar-refractivity contribution in [3.8, 4) is 0 Å². The van der Waals surface area contributed by atoms with Crippen LogP contribution in [0, 0.1) is 10.8 Å². The topological polar surface area (TPSA) is 84.0 Å². The fourth-order valence-corrected chi connectivity index (χ4v) is 5.17. The summed E-state index contributed by atoms with van der Waals surface area (Å²) in [7, 11) is 3.13. The molecule has 0 N–H and O–H groups in total. The molecule has 1 saturated heterocycles. The first-order valence-electron chi connectivity index (χ1n) is 11.0. The number of hydrogen-bond acceptors (Lipinski definition) is 9. The van der Waals surface area contributed by atoms with Gasteiger partial charge in [0.1, 0.15) is 18.2 Å². The fraction of sp³-hybridized carbons (Fsp3) is 0.696. The van der Waals surface area contributed by atoms with Crippen LogP contribution in [0.2, 0.25) is 0 Å². The maximum atomic E-state index is 12.6. The summed E-state index contributed by atoms with van der Waals surface area (Å²) in [4.78, 5) is 29.4. The van der Waals surface area contributed by atoms with E-state index in [-0.39, 0.29) is 24.8 Å². The largest absolute Gasteiger partial charge is 0.464 e. The van der Waals surface area contributed by atoms with Crippen molar-refractivity contribution in [1.82, 2.24) is 4.98 Å². The quantitative estimate of drug-likeness (QED) is 0.220. The molecule has 2 heterocycles. The second-order valence-corrected chi connectivity index (χ2v) is 11.4. The van der Waals surface area contributed by atoms with E-state index >= 15 is 0 Å². The van der Waals surface area contributed by atoms with Gasteiger partial charge in [-0.2, -0.15) is 0 Å². The molecule has 1 aliphatic rings. The number of carbonyl (C=O) groups excluding carboxylic acids is 2. The molecular formula is C23H35NO6S2. The molecule has 9 heteroatoms. The molecule has 180 valence electrons. The van der Waals surface area contributed by atoms with Crippen molar-refractivity contribution in [2.45, 2.75) is 64.7 Å². The highest BCUT2D eigenvalue weighted by molar-refractivity contribution is 8.76. The highest BCUT2D eigenvalue weighted by Gasteiger charge is 2.41. The monoisotopic (exact) mass is 485 g/mol. The lowest BCUT2D eigenvalue weighted by atomic mass is 9.75. The summed E-state index contributed by atoms with van der Waals surface area (Å²) in [6.07, 6.45) is 4.88. The van der Waals surface area contributed by atoms with Crippen molar-refractivity contribution >= 4 is 33.5 Å². The summed E-state index contributed by atoms with van der Waals surface area (Å²) in [6.45, 7) is 8.64. The van der Waals surface area contributed by atoms with E-state index in [0.717, 1.165) is 24.3 Å². The molecule has 32 heavy (non-hydrogen) atoms. The van der Waals surface area contributed by atoms with Gasteiger partial charge in [-0.3, -0.25) is 9.59 Å². The number of aromatic nitrogens is 1. The standard InChI is InChI=1S/C23H35NO6S2/c1-22(2,20(25)29-14-13-28-19-10-6-8-12-27-19)17-23(3,4)21(26)30-15-16-31-32-18-9-5-7-11-24-18/h5,7,9,11,19H,6,8,10,12-17H2,1-4H3. The predicted octanol–water partition coefficient (Wildman–Crippen LogP) is 4.89. The van der Waals surface area contributed by atoms with Crippen molar-refractivity contribution < 1.29 is 28.5 Å². The maximum absolute atomic E-state index is 12.6. The first kappa shape index (κ1) is 27.0. The first-order valence-corrected chi connectivity index (χ1v) is 13.3. The van der Waals surface area contributed by atoms with E-state index in [0.29, 0.717) is 32.0 Å². The van der Waals surface area contributed by atoms with Gasteiger partial charge in [0, 0.05) is 18.6 Å². The van der Waals surface area contributed by atoms with Gasteiger partial charge in [0.25, 0.3) is 0 Å². The lowest BCUT2D eigenvalue weighted by Crippen LogP contribution is -2.37. The summed E-state index contributed by atoms with van der Waals surface area (Å²) in [5, 5.41) is 0.918. The summed E-state index contributed by atoms with van der Waals surface area (Å²) in [5.74, 6) is -0.0207. The molecule has 1 aromatic heterocycles. The van der Waals surface area contributed by atoms with E-state index in [1.165, 1.54) is 0 Å². The Morgan fingerprint density at radius 2 is 1.78 bits per heavy atom. The molecule has 1 aromatic rings. The molecule has 1 unspecified atom stereocenters. The zero-order valence-electron chi connectivity index (χ0n) is 19.5. The third-order valence-corrected chi connectivity index (χ3v) is 7.16. The van der Waals surface area contributed by atoms with Crippen molar-refractivity contribution in [2.24, 2.45) is 10.8 Å². The molecule has 7 nitrogen and oxygen atoms in total. The van der Waals surface area contributed by atoms with E-state index in [2.05, 4.69) is 4.98 Å². The molecule has 2 rings (SSSR count). The van der Waals surface area contributed by atoms with E-state index < -0.39 is 10.8 Å². The van der Waals surface area contributed by atoms with Crippen LogP contribution in [0.4, 0.5) is 0 Å². The minimum atomic E-state index is -0.826. The molecule has 1 atom stereocenters. The summed E-state index contributed by atoms with van der Waals surface area (Å²) in [5.41, 5.74) is -1.64. The van der Waals surface area contributed by atoms with Crippen LogP contribution in [0.15, 0.2) is 29.4 Å². The van der Waals surface area contributed by atoms with Crippen LogP contribution in [0.5, 0.6) is 0 Å². The smallest absolute Gasteiger partial charge is 0.311 e. The van der Waals surface area contributed by atoms with Crippen molar-refractivity contribution in [2.75, 3.05) is 32.2 Å². The van der Waals surface area contributed by atoms with Gasteiger partial charge >= 0.3 is 11.9 Å². The van der Waals surface area contributed by atoms with Crippen LogP contribution in [-0.4, -0.2) is 55.4 Å². The molecule has 0 bridgehead atoms. The second-order valence-electron chi connectivity index (χ2n) is 8.96. The first-order chi connectivity index (χ1) is 15.2. The van der Waals surface area contributed by atoms with Gasteiger partial charge in [0.15, 0.2) is 6.29 Å². The molecule has 0 spiro atoms. The average molecular weight is 486 g/mol. The van der Waals surface area contributed by atoms with Gasteiger partial charge in [-0.05, 0) is 76.3 Å². The number of ether oxygens (including phenoxy) is 4. The Bertz CT molecular complexity index is 708. The Labute approximate surface area is 199 Å². The van der Waals surface area contributed by atoms with Gasteiger partial charge in [0.2, 0.25) is 0 Å². The molecule has 0 aromatic carbocycles. The van der Waals surface area contributed by atoms with Crippen LogP contribution in [0.25, 0.3) is 0 Å². The number of pyridine rings is 1. The predicted molar refractivity (Wildman–Crippen MR) is 126 cm³/mol. The third kappa shape index (κ3) is 9.68. The second kappa shape index (κ2) is 13.4. The summed E-state index contributed by atoms with van der Waals surface area (Å²) in [6, 6.07) is 5.74. The number of nitrogens with zero attached hydrogens (tertiary/aromatic N) is 1. The Morgan fingerprint density at radius 1 is 1.06 bits per heavy atom. The van der Waals surface area contributed by atoms with Crippen molar-refractivity contribution in [1.29, 1.82) is 0 Å². The summed E-state index contributed by atoms with van der Waals surface area (Å²) < 4.78 is 21.9. The Kier molecular flexibility index (Phi) is 11.3. The fourth-order valence-electron chi connectivity index (χ4n) is 3.46. The average Bonchev–Trinajstić information content (AvgIpc) is 2.77. The lowest BCUT2D eigenvalue weighted by molar-refractivity contribution is -0.178. The number of hydrogen-bond donors (Lipinski definition) is 0. The van der Waals surface area contributed by atoms with Crippen molar-refractivity contribution in [3.63, 3.8) is 0 Å². The Balaban J connectivity index is 1.65. The zero-order valence-corrected chi connectivity index (χ0v) is 21.1. The molecule has 0 saturated carbocycles. The molecule has 0 aliphatic carbocycles. The van der Waals surface area contributed by atoms with Crippen LogP contribution in [0.3, 0.4) is 0 Å². The highest BCUT2D eigenvalue weighted by Crippen LogP contribution is 2.36. The molecular weight excluding hydrogens is 450 g/mol. The number of carbonyl (C=O) groups is 2. The minimum Gasteiger partial charge on any atom is -0.464 e. The molecule has 1 fully saturated rings. The van der Waals surface area contributed by atoms with E-state index in [4.69, 9.17) is 18.9 Å². The SMILES string of the molecule is CC(C)(CC(C)(C)C(=O)OCCSSc1ccccn1)C(=O)OCCOC1CCCCO1. The summed E-state index contributed by atoms with van der Waals surface area (Å²) >= 11 is 0. The minimum absolute atomic E-state index is 0.165. The van der Waals surface area contributed by atoms with E-state index in [1.54, 1.807) is 55.5 Å². The lowest BCUT2D eigenvalue weighted by Gasteiger charge is -2.31. The van der Waals surface area contributed by atoms with Crippen LogP contribution >= 0.6 is 21.6 Å². The van der Waals surface area contributed by atoms with Crippen LogP contribution in [-0.2, 0) is 28.5 Å². The normalized spacial score (nSPS) is 17.1. The number of esters is 2. The molecule has 1 aliphatic heterocycles.